The van der Waals surface area contributed by atoms with Gasteiger partial charge in [0.2, 0.25) is 0 Å². The molecule has 1 aromatic heterocycles. The van der Waals surface area contributed by atoms with Gasteiger partial charge in [-0.15, -0.1) is 0 Å². The van der Waals surface area contributed by atoms with Gasteiger partial charge in [-0.2, -0.15) is 0 Å². The highest BCUT2D eigenvalue weighted by molar-refractivity contribution is 5.48. The largest absolute Gasteiger partial charge is 0.347 e. The first-order valence-corrected chi connectivity index (χ1v) is 8.08. The lowest BCUT2D eigenvalue weighted by atomic mass is 9.04. The molecule has 8 atom stereocenters. The lowest BCUT2D eigenvalue weighted by Crippen LogP contribution is -3.01. The third-order valence-corrected chi connectivity index (χ3v) is 8.66. The molecule has 2 bridgehead atoms. The van der Waals surface area contributed by atoms with Crippen molar-refractivity contribution in [3.05, 3.63) is 21.0 Å². The smallest absolute Gasteiger partial charge is 0.246 e. The molecule has 0 N–H and O–H groups in total. The van der Waals surface area contributed by atoms with Gasteiger partial charge in [0, 0.05) is 17.9 Å². The first-order chi connectivity index (χ1) is 9.68. The Labute approximate surface area is 115 Å². The van der Waals surface area contributed by atoms with Gasteiger partial charge in [0.15, 0.2) is 0 Å². The standard InChI is InChI=1S/C15H17N3O2/c1-16-12(19)17-10-6-7-9-8(6)14(10)4-2-3-5-15(9,14)11(7)18(17)13(16)20/h6-11H,2-5H2,1H3/t6-,7-,8-,9+,10+,11-,14+,15-/m0/s1. The van der Waals surface area contributed by atoms with E-state index in [-0.39, 0.29) is 11.4 Å². The van der Waals surface area contributed by atoms with E-state index in [0.717, 1.165) is 23.7 Å². The van der Waals surface area contributed by atoms with E-state index in [0.29, 0.717) is 22.9 Å². The summed E-state index contributed by atoms with van der Waals surface area (Å²) in [6.07, 6.45) is 5.29. The molecule has 8 rings (SSSR count). The van der Waals surface area contributed by atoms with Crippen LogP contribution < -0.4 is 11.4 Å². The van der Waals surface area contributed by atoms with Crippen molar-refractivity contribution in [1.82, 2.24) is 13.9 Å². The van der Waals surface area contributed by atoms with Gasteiger partial charge in [-0.3, -0.25) is 0 Å². The number of aromatic nitrogens is 3. The van der Waals surface area contributed by atoms with Gasteiger partial charge >= 0.3 is 11.4 Å². The summed E-state index contributed by atoms with van der Waals surface area (Å²) < 4.78 is 5.12. The molecular weight excluding hydrogens is 254 g/mol. The molecule has 2 aliphatic heterocycles. The second kappa shape index (κ2) is 2.18. The maximum atomic E-state index is 12.5. The average molecular weight is 271 g/mol. The molecule has 0 amide bonds. The zero-order chi connectivity index (χ0) is 13.2. The van der Waals surface area contributed by atoms with Crippen LogP contribution in [0.3, 0.4) is 0 Å². The molecule has 3 heterocycles. The van der Waals surface area contributed by atoms with Crippen molar-refractivity contribution in [3.8, 4) is 0 Å². The highest BCUT2D eigenvalue weighted by Gasteiger charge is 3.02. The zero-order valence-corrected chi connectivity index (χ0v) is 11.5. The maximum Gasteiger partial charge on any atom is 0.347 e. The molecule has 5 aliphatic carbocycles. The Kier molecular flexibility index (Phi) is 1.05. The molecule has 0 aromatic carbocycles. The molecule has 7 aliphatic rings. The van der Waals surface area contributed by atoms with E-state index in [1.165, 1.54) is 30.3 Å². The van der Waals surface area contributed by atoms with Gasteiger partial charge in [-0.1, -0.05) is 12.8 Å². The molecule has 5 saturated carbocycles. The first-order valence-electron chi connectivity index (χ1n) is 8.08. The van der Waals surface area contributed by atoms with Crippen LogP contribution in [0.15, 0.2) is 9.59 Å². The van der Waals surface area contributed by atoms with E-state index in [9.17, 15) is 9.59 Å². The van der Waals surface area contributed by atoms with E-state index >= 15 is 0 Å². The average Bonchev–Trinajstić information content (AvgIpc) is 2.64. The quantitative estimate of drug-likeness (QED) is 0.690. The molecule has 0 saturated heterocycles. The number of rotatable bonds is 0. The minimum Gasteiger partial charge on any atom is -0.246 e. The lowest BCUT2D eigenvalue weighted by Gasteiger charge is -3.02. The van der Waals surface area contributed by atoms with Crippen LogP contribution in [0, 0.1) is 34.5 Å². The summed E-state index contributed by atoms with van der Waals surface area (Å²) in [5, 5.41) is 0. The van der Waals surface area contributed by atoms with Gasteiger partial charge in [-0.25, -0.2) is 23.5 Å². The highest BCUT2D eigenvalue weighted by atomic mass is 16.2. The Hall–Kier alpha value is -1.26. The van der Waals surface area contributed by atoms with E-state index in [1.54, 1.807) is 7.05 Å². The van der Waals surface area contributed by atoms with Crippen molar-refractivity contribution in [1.29, 1.82) is 0 Å². The van der Waals surface area contributed by atoms with Crippen molar-refractivity contribution < 1.29 is 0 Å². The molecule has 5 heteroatoms. The Bertz CT molecular complexity index is 779. The van der Waals surface area contributed by atoms with Crippen LogP contribution in [0.2, 0.25) is 0 Å². The van der Waals surface area contributed by atoms with Crippen LogP contribution in [-0.2, 0) is 7.05 Å². The third kappa shape index (κ3) is 0.482. The Morgan fingerprint density at radius 2 is 1.35 bits per heavy atom. The van der Waals surface area contributed by atoms with Crippen LogP contribution in [-0.4, -0.2) is 13.9 Å². The fourth-order valence-electron chi connectivity index (χ4n) is 8.64. The predicted octanol–water partition coefficient (Wildman–Crippen LogP) is 0.510. The Balaban J connectivity index is 1.65. The molecule has 0 unspecified atom stereocenters. The SMILES string of the molecule is Cn1c(=O)n2n(c1=O)[C@@H]1[C@H]3[C@H]4[C@@H]5[C@H]3[C@]13CCCC[C@@]53[C@H]42. The molecule has 104 valence electrons. The Morgan fingerprint density at radius 3 is 1.80 bits per heavy atom. The fraction of sp³-hybridized carbons (Fsp3) is 0.867. The van der Waals surface area contributed by atoms with E-state index in [4.69, 9.17) is 0 Å². The van der Waals surface area contributed by atoms with E-state index < -0.39 is 0 Å². The summed E-state index contributed by atoms with van der Waals surface area (Å²) >= 11 is 0. The van der Waals surface area contributed by atoms with Gasteiger partial charge in [0.1, 0.15) is 0 Å². The normalized spacial score (nSPS) is 61.2. The molecular formula is C15H17N3O2. The van der Waals surface area contributed by atoms with Crippen molar-refractivity contribution in [3.63, 3.8) is 0 Å². The molecule has 20 heavy (non-hydrogen) atoms. The van der Waals surface area contributed by atoms with Gasteiger partial charge in [0.25, 0.3) is 0 Å². The fourth-order valence-corrected chi connectivity index (χ4v) is 8.64. The van der Waals surface area contributed by atoms with Crippen LogP contribution in [0.1, 0.15) is 37.8 Å². The molecule has 1 aromatic rings. The molecule has 5 fully saturated rings. The summed E-state index contributed by atoms with van der Waals surface area (Å²) in [4.78, 5) is 25.0. The molecule has 0 radical (unpaired) electrons. The van der Waals surface area contributed by atoms with Crippen molar-refractivity contribution in [2.24, 2.45) is 41.5 Å². The maximum absolute atomic E-state index is 12.5. The monoisotopic (exact) mass is 271 g/mol. The van der Waals surface area contributed by atoms with Gasteiger partial charge < -0.3 is 0 Å². The number of hydrogen-bond donors (Lipinski definition) is 0. The van der Waals surface area contributed by atoms with Crippen molar-refractivity contribution >= 4 is 0 Å². The first kappa shape index (κ1) is 9.64. The van der Waals surface area contributed by atoms with Gasteiger partial charge in [0.05, 0.1) is 12.1 Å². The summed E-state index contributed by atoms with van der Waals surface area (Å²) in [7, 11) is 1.64. The van der Waals surface area contributed by atoms with Crippen LogP contribution in [0.25, 0.3) is 0 Å². The highest BCUT2D eigenvalue weighted by Crippen LogP contribution is 3.04. The van der Waals surface area contributed by atoms with Crippen molar-refractivity contribution in [2.75, 3.05) is 0 Å². The second-order valence-corrected chi connectivity index (χ2v) is 8.20. The summed E-state index contributed by atoms with van der Waals surface area (Å²) in [6, 6.07) is 0.739. The van der Waals surface area contributed by atoms with E-state index in [1.807, 2.05) is 9.36 Å². The topological polar surface area (TPSA) is 48.9 Å². The second-order valence-electron chi connectivity index (χ2n) is 8.20. The Morgan fingerprint density at radius 1 is 0.900 bits per heavy atom. The van der Waals surface area contributed by atoms with Gasteiger partial charge in [-0.05, 0) is 36.5 Å². The van der Waals surface area contributed by atoms with Crippen LogP contribution in [0.5, 0.6) is 0 Å². The summed E-state index contributed by atoms with van der Waals surface area (Å²) in [5.41, 5.74) is 0.728. The van der Waals surface area contributed by atoms with Crippen LogP contribution in [0.4, 0.5) is 0 Å². The minimum absolute atomic E-state index is 0.0641. The number of hydrogen-bond acceptors (Lipinski definition) is 2. The minimum atomic E-state index is -0.0641. The third-order valence-electron chi connectivity index (χ3n) is 8.66. The summed E-state index contributed by atoms with van der Waals surface area (Å²) in [5.74, 6) is 3.32. The lowest BCUT2D eigenvalue weighted by molar-refractivity contribution is -0.559. The number of nitrogens with zero attached hydrogens (tertiary/aromatic N) is 3. The predicted molar refractivity (Wildman–Crippen MR) is 69.3 cm³/mol. The van der Waals surface area contributed by atoms with E-state index in [2.05, 4.69) is 0 Å². The van der Waals surface area contributed by atoms with Crippen LogP contribution >= 0.6 is 0 Å². The molecule has 2 spiro atoms. The summed E-state index contributed by atoms with van der Waals surface area (Å²) in [6.45, 7) is 0. The van der Waals surface area contributed by atoms with Crippen molar-refractivity contribution in [2.45, 2.75) is 37.8 Å². The molecule has 5 nitrogen and oxygen atoms in total. The zero-order valence-electron chi connectivity index (χ0n) is 11.5.